The number of carbonyl (C=O) groups is 1. The van der Waals surface area contributed by atoms with Crippen LogP contribution in [0.5, 0.6) is 0 Å². The van der Waals surface area contributed by atoms with Gasteiger partial charge in [-0.1, -0.05) is 42.4 Å². The molecular weight excluding hydrogens is 314 g/mol. The van der Waals surface area contributed by atoms with Crippen molar-refractivity contribution in [3.8, 4) is 11.4 Å². The molecule has 1 heterocycles. The Balaban J connectivity index is 1.55. The topological polar surface area (TPSA) is 68.0 Å². The molecule has 4 rings (SSSR count). The van der Waals surface area contributed by atoms with Gasteiger partial charge in [-0.2, -0.15) is 4.98 Å². The van der Waals surface area contributed by atoms with Crippen LogP contribution in [0.2, 0.25) is 0 Å². The van der Waals surface area contributed by atoms with Gasteiger partial charge in [0, 0.05) is 17.7 Å². The second kappa shape index (κ2) is 6.51. The fourth-order valence-electron chi connectivity index (χ4n) is 3.30. The number of amides is 1. The largest absolute Gasteiger partial charge is 0.339 e. The summed E-state index contributed by atoms with van der Waals surface area (Å²) in [4.78, 5) is 17.0. The number of fused-ring (bicyclic) bond motifs is 1. The predicted molar refractivity (Wildman–Crippen MR) is 95.2 cm³/mol. The molecule has 0 fully saturated rings. The third-order valence-corrected chi connectivity index (χ3v) is 4.61. The Kier molecular flexibility index (Phi) is 4.06. The quantitative estimate of drug-likeness (QED) is 0.784. The van der Waals surface area contributed by atoms with Crippen molar-refractivity contribution in [3.05, 3.63) is 65.5 Å². The molecule has 5 nitrogen and oxygen atoms in total. The predicted octanol–water partition coefficient (Wildman–Crippen LogP) is 3.97. The maximum absolute atomic E-state index is 12.6. The third kappa shape index (κ3) is 3.05. The minimum Gasteiger partial charge on any atom is -0.339 e. The molecule has 0 spiro atoms. The summed E-state index contributed by atoms with van der Waals surface area (Å²) in [6, 6.07) is 15.6. The molecule has 0 aliphatic heterocycles. The van der Waals surface area contributed by atoms with E-state index in [9.17, 15) is 4.79 Å². The summed E-state index contributed by atoms with van der Waals surface area (Å²) in [5.41, 5.74) is 4.05. The molecule has 0 bridgehead atoms. The summed E-state index contributed by atoms with van der Waals surface area (Å²) in [6.45, 7) is 1.98. The van der Waals surface area contributed by atoms with Crippen molar-refractivity contribution in [2.24, 2.45) is 0 Å². The van der Waals surface area contributed by atoms with E-state index in [1.807, 2.05) is 49.4 Å². The minimum absolute atomic E-state index is 0.0468. The molecule has 1 aromatic heterocycles. The van der Waals surface area contributed by atoms with Crippen molar-refractivity contribution in [1.29, 1.82) is 0 Å². The van der Waals surface area contributed by atoms with Crippen LogP contribution in [0.15, 0.2) is 53.1 Å². The third-order valence-electron chi connectivity index (χ3n) is 4.61. The van der Waals surface area contributed by atoms with Gasteiger partial charge in [-0.25, -0.2) is 0 Å². The number of aryl methyl sites for hydroxylation is 2. The number of nitrogens with one attached hydrogen (secondary N) is 1. The second-order valence-electron chi connectivity index (χ2n) is 6.23. The summed E-state index contributed by atoms with van der Waals surface area (Å²) in [7, 11) is 0. The Bertz CT molecular complexity index is 902. The monoisotopic (exact) mass is 333 g/mol. The first kappa shape index (κ1) is 15.6. The zero-order valence-electron chi connectivity index (χ0n) is 14.0. The van der Waals surface area contributed by atoms with Gasteiger partial charge >= 0.3 is 0 Å². The number of benzene rings is 2. The Morgan fingerprint density at radius 2 is 2.08 bits per heavy atom. The van der Waals surface area contributed by atoms with Gasteiger partial charge in [0.2, 0.25) is 17.6 Å². The summed E-state index contributed by atoms with van der Waals surface area (Å²) >= 11 is 0. The summed E-state index contributed by atoms with van der Waals surface area (Å²) in [5.74, 6) is 1.18. The molecule has 0 radical (unpaired) electrons. The Labute approximate surface area is 146 Å². The molecular formula is C20H19N3O2. The number of hydrogen-bond donors (Lipinski definition) is 1. The average Bonchev–Trinajstić information content (AvgIpc) is 3.29. The van der Waals surface area contributed by atoms with Crippen LogP contribution in [0, 0.1) is 0 Å². The van der Waals surface area contributed by atoms with E-state index in [1.165, 1.54) is 5.56 Å². The van der Waals surface area contributed by atoms with E-state index in [0.717, 1.165) is 36.1 Å². The molecule has 126 valence electrons. The van der Waals surface area contributed by atoms with Gasteiger partial charge < -0.3 is 9.84 Å². The van der Waals surface area contributed by atoms with E-state index in [1.54, 1.807) is 0 Å². The summed E-state index contributed by atoms with van der Waals surface area (Å²) in [5, 5.41) is 7.03. The molecule has 3 aromatic rings. The molecule has 1 N–H and O–H groups in total. The summed E-state index contributed by atoms with van der Waals surface area (Å²) in [6.07, 6.45) is 2.43. The highest BCUT2D eigenvalue weighted by molar-refractivity contribution is 5.96. The lowest BCUT2D eigenvalue weighted by Crippen LogP contribution is -2.19. The number of para-hydroxylation sites is 1. The number of anilines is 1. The molecule has 1 amide bonds. The molecule has 0 saturated carbocycles. The number of carbonyl (C=O) groups excluding carboxylic acids is 1. The number of nitrogens with zero attached hydrogens (tertiary/aromatic N) is 2. The highest BCUT2D eigenvalue weighted by atomic mass is 16.5. The van der Waals surface area contributed by atoms with E-state index in [0.29, 0.717) is 11.7 Å². The van der Waals surface area contributed by atoms with Crippen LogP contribution in [0.25, 0.3) is 11.4 Å². The van der Waals surface area contributed by atoms with Gasteiger partial charge in [0.25, 0.3) is 0 Å². The maximum atomic E-state index is 12.6. The zero-order chi connectivity index (χ0) is 17.2. The summed E-state index contributed by atoms with van der Waals surface area (Å²) < 4.78 is 5.19. The smallest absolute Gasteiger partial charge is 0.231 e. The first-order chi connectivity index (χ1) is 12.2. The number of rotatable bonds is 4. The van der Waals surface area contributed by atoms with E-state index >= 15 is 0 Å². The fraction of sp³-hybridized carbons (Fsp3) is 0.250. The Morgan fingerprint density at radius 3 is 2.84 bits per heavy atom. The van der Waals surface area contributed by atoms with Crippen LogP contribution in [-0.2, 0) is 17.6 Å². The van der Waals surface area contributed by atoms with Crippen LogP contribution in [0.1, 0.15) is 36.3 Å². The lowest BCUT2D eigenvalue weighted by atomic mass is 9.98. The van der Waals surface area contributed by atoms with Crippen molar-refractivity contribution >= 4 is 11.6 Å². The van der Waals surface area contributed by atoms with Gasteiger partial charge in [0.15, 0.2) is 0 Å². The lowest BCUT2D eigenvalue weighted by molar-refractivity contribution is -0.117. The van der Waals surface area contributed by atoms with Gasteiger partial charge in [0.05, 0.1) is 5.92 Å². The molecule has 5 heteroatoms. The second-order valence-corrected chi connectivity index (χ2v) is 6.23. The van der Waals surface area contributed by atoms with Crippen LogP contribution in [0.4, 0.5) is 5.69 Å². The standard InChI is InChI=1S/C20H19N3O2/c1-2-18-22-19(23-25-18)14-9-10-16-13(12-14)8-11-17(16)20(24)21-15-6-4-3-5-7-15/h3-7,9-10,12,17H,2,8,11H2,1H3,(H,21,24)/t17-/m0/s1. The van der Waals surface area contributed by atoms with Crippen molar-refractivity contribution in [1.82, 2.24) is 10.1 Å². The normalized spacial score (nSPS) is 15.8. The minimum atomic E-state index is -0.110. The molecule has 1 atom stereocenters. The van der Waals surface area contributed by atoms with Crippen LogP contribution < -0.4 is 5.32 Å². The van der Waals surface area contributed by atoms with Gasteiger partial charge in [0.1, 0.15) is 0 Å². The first-order valence-corrected chi connectivity index (χ1v) is 8.56. The molecule has 0 unspecified atom stereocenters. The lowest BCUT2D eigenvalue weighted by Gasteiger charge is -2.12. The molecule has 2 aromatic carbocycles. The van der Waals surface area contributed by atoms with Crippen LogP contribution in [0.3, 0.4) is 0 Å². The Morgan fingerprint density at radius 1 is 1.24 bits per heavy atom. The fourth-order valence-corrected chi connectivity index (χ4v) is 3.30. The van der Waals surface area contributed by atoms with Gasteiger partial charge in [-0.15, -0.1) is 0 Å². The zero-order valence-corrected chi connectivity index (χ0v) is 14.0. The van der Waals surface area contributed by atoms with Crippen molar-refractivity contribution in [2.75, 3.05) is 5.32 Å². The maximum Gasteiger partial charge on any atom is 0.231 e. The molecule has 0 saturated heterocycles. The van der Waals surface area contributed by atoms with Crippen molar-refractivity contribution < 1.29 is 9.32 Å². The highest BCUT2D eigenvalue weighted by Crippen LogP contribution is 2.36. The van der Waals surface area contributed by atoms with E-state index in [2.05, 4.69) is 21.5 Å². The average molecular weight is 333 g/mol. The van der Waals surface area contributed by atoms with Crippen molar-refractivity contribution in [2.45, 2.75) is 32.1 Å². The number of hydrogen-bond acceptors (Lipinski definition) is 4. The first-order valence-electron chi connectivity index (χ1n) is 8.56. The van der Waals surface area contributed by atoms with Gasteiger partial charge in [-0.3, -0.25) is 4.79 Å². The van der Waals surface area contributed by atoms with Crippen LogP contribution >= 0.6 is 0 Å². The molecule has 1 aliphatic rings. The van der Waals surface area contributed by atoms with Crippen LogP contribution in [-0.4, -0.2) is 16.0 Å². The van der Waals surface area contributed by atoms with E-state index in [-0.39, 0.29) is 11.8 Å². The molecule has 1 aliphatic carbocycles. The SMILES string of the molecule is CCc1nc(-c2ccc3c(c2)CC[C@@H]3C(=O)Nc2ccccc2)no1. The van der Waals surface area contributed by atoms with E-state index < -0.39 is 0 Å². The highest BCUT2D eigenvalue weighted by Gasteiger charge is 2.29. The Hall–Kier alpha value is -2.95. The molecule has 25 heavy (non-hydrogen) atoms. The number of aromatic nitrogens is 2. The van der Waals surface area contributed by atoms with Gasteiger partial charge in [-0.05, 0) is 42.2 Å². The van der Waals surface area contributed by atoms with E-state index in [4.69, 9.17) is 4.52 Å². The van der Waals surface area contributed by atoms with Crippen molar-refractivity contribution in [3.63, 3.8) is 0 Å².